The summed E-state index contributed by atoms with van der Waals surface area (Å²) in [7, 11) is 1.64. The van der Waals surface area contributed by atoms with Gasteiger partial charge in [0.15, 0.2) is 5.96 Å². The average molecular weight is 399 g/mol. The van der Waals surface area contributed by atoms with Crippen molar-refractivity contribution in [3.63, 3.8) is 0 Å². The predicted molar refractivity (Wildman–Crippen MR) is 116 cm³/mol. The van der Waals surface area contributed by atoms with Gasteiger partial charge in [-0.3, -0.25) is 9.79 Å². The number of nitrogens with zero attached hydrogens (tertiary/aromatic N) is 1. The average Bonchev–Trinajstić information content (AvgIpc) is 2.77. The second kappa shape index (κ2) is 13.0. The molecule has 0 bridgehead atoms. The molecule has 7 nitrogen and oxygen atoms in total. The molecule has 0 aliphatic carbocycles. The van der Waals surface area contributed by atoms with E-state index in [0.29, 0.717) is 31.8 Å². The van der Waals surface area contributed by atoms with E-state index >= 15 is 0 Å². The van der Waals surface area contributed by atoms with Crippen LogP contribution in [-0.2, 0) is 0 Å². The molecule has 0 spiro atoms. The molecule has 3 N–H and O–H groups in total. The first-order valence-electron chi connectivity index (χ1n) is 9.85. The third-order valence-corrected chi connectivity index (χ3v) is 3.99. The molecule has 2 aromatic rings. The van der Waals surface area contributed by atoms with Crippen molar-refractivity contribution in [1.29, 1.82) is 0 Å². The molecule has 156 valence electrons. The Hall–Kier alpha value is -3.22. The number of carbonyl (C=O) groups excluding carboxylic acids is 1. The zero-order valence-electron chi connectivity index (χ0n) is 17.1. The molecule has 0 aliphatic heterocycles. The molecule has 0 atom stereocenters. The van der Waals surface area contributed by atoms with Gasteiger partial charge in [0.2, 0.25) is 0 Å². The van der Waals surface area contributed by atoms with Gasteiger partial charge >= 0.3 is 0 Å². The van der Waals surface area contributed by atoms with Crippen LogP contribution in [0.1, 0.15) is 23.7 Å². The number of amides is 1. The van der Waals surface area contributed by atoms with Gasteiger partial charge < -0.3 is 25.4 Å². The number of hydrogen-bond acceptors (Lipinski definition) is 4. The minimum atomic E-state index is -0.0599. The van der Waals surface area contributed by atoms with E-state index in [9.17, 15) is 4.79 Å². The SMILES string of the molecule is CCNC(=NCCCNC(=O)c1ccccc1)NCCOc1ccc(OC)cc1. The van der Waals surface area contributed by atoms with Crippen LogP contribution in [0.25, 0.3) is 0 Å². The number of carbonyl (C=O) groups is 1. The summed E-state index contributed by atoms with van der Waals surface area (Å²) in [4.78, 5) is 16.5. The highest BCUT2D eigenvalue weighted by Crippen LogP contribution is 2.16. The van der Waals surface area contributed by atoms with Gasteiger partial charge in [-0.1, -0.05) is 18.2 Å². The van der Waals surface area contributed by atoms with Crippen molar-refractivity contribution in [3.05, 3.63) is 60.2 Å². The van der Waals surface area contributed by atoms with Crippen LogP contribution in [0.4, 0.5) is 0 Å². The minimum absolute atomic E-state index is 0.0599. The van der Waals surface area contributed by atoms with Crippen LogP contribution in [0.15, 0.2) is 59.6 Å². The molecule has 2 aromatic carbocycles. The van der Waals surface area contributed by atoms with E-state index in [4.69, 9.17) is 9.47 Å². The van der Waals surface area contributed by atoms with Gasteiger partial charge in [0.05, 0.1) is 13.7 Å². The molecule has 7 heteroatoms. The smallest absolute Gasteiger partial charge is 0.251 e. The number of benzene rings is 2. The molecule has 0 fully saturated rings. The summed E-state index contributed by atoms with van der Waals surface area (Å²) < 4.78 is 10.8. The van der Waals surface area contributed by atoms with Gasteiger partial charge in [0.1, 0.15) is 18.1 Å². The topological polar surface area (TPSA) is 84.0 Å². The number of nitrogens with one attached hydrogen (secondary N) is 3. The first-order chi connectivity index (χ1) is 14.2. The second-order valence-corrected chi connectivity index (χ2v) is 6.19. The Balaban J connectivity index is 1.64. The van der Waals surface area contributed by atoms with Crippen molar-refractivity contribution in [2.45, 2.75) is 13.3 Å². The largest absolute Gasteiger partial charge is 0.497 e. The highest BCUT2D eigenvalue weighted by atomic mass is 16.5. The van der Waals surface area contributed by atoms with E-state index in [1.165, 1.54) is 0 Å². The lowest BCUT2D eigenvalue weighted by atomic mass is 10.2. The molecule has 0 saturated carbocycles. The quantitative estimate of drug-likeness (QED) is 0.308. The maximum Gasteiger partial charge on any atom is 0.251 e. The van der Waals surface area contributed by atoms with E-state index in [0.717, 1.165) is 30.4 Å². The number of rotatable bonds is 11. The van der Waals surface area contributed by atoms with Gasteiger partial charge in [-0.2, -0.15) is 0 Å². The zero-order chi connectivity index (χ0) is 20.7. The van der Waals surface area contributed by atoms with Gasteiger partial charge in [-0.05, 0) is 49.7 Å². The molecular formula is C22H30N4O3. The zero-order valence-corrected chi connectivity index (χ0v) is 17.1. The maximum absolute atomic E-state index is 12.0. The Morgan fingerprint density at radius 2 is 1.66 bits per heavy atom. The number of hydrogen-bond donors (Lipinski definition) is 3. The lowest BCUT2D eigenvalue weighted by Gasteiger charge is -2.12. The van der Waals surface area contributed by atoms with Crippen LogP contribution in [0.5, 0.6) is 11.5 Å². The Morgan fingerprint density at radius 1 is 0.931 bits per heavy atom. The molecular weight excluding hydrogens is 368 g/mol. The summed E-state index contributed by atoms with van der Waals surface area (Å²) >= 11 is 0. The third kappa shape index (κ3) is 8.55. The van der Waals surface area contributed by atoms with Gasteiger partial charge in [-0.25, -0.2) is 0 Å². The normalized spacial score (nSPS) is 10.9. The molecule has 2 rings (SSSR count). The van der Waals surface area contributed by atoms with Crippen molar-refractivity contribution >= 4 is 11.9 Å². The first kappa shape index (κ1) is 22.1. The van der Waals surface area contributed by atoms with Crippen LogP contribution in [0.2, 0.25) is 0 Å². The van der Waals surface area contributed by atoms with Crippen LogP contribution in [-0.4, -0.2) is 51.8 Å². The summed E-state index contributed by atoms with van der Waals surface area (Å²) in [6.07, 6.45) is 0.761. The number of guanidine groups is 1. The highest BCUT2D eigenvalue weighted by Gasteiger charge is 2.03. The first-order valence-corrected chi connectivity index (χ1v) is 9.85. The standard InChI is InChI=1S/C22H30N4O3/c1-3-23-22(26-16-17-29-20-12-10-19(28-2)11-13-20)25-15-7-14-24-21(27)18-8-5-4-6-9-18/h4-6,8-13H,3,7,14-17H2,1-2H3,(H,24,27)(H2,23,25,26). The Labute approximate surface area is 172 Å². The lowest BCUT2D eigenvalue weighted by molar-refractivity contribution is 0.0953. The van der Waals surface area contributed by atoms with Crippen LogP contribution in [0.3, 0.4) is 0 Å². The van der Waals surface area contributed by atoms with Crippen LogP contribution < -0.4 is 25.4 Å². The monoisotopic (exact) mass is 398 g/mol. The van der Waals surface area contributed by atoms with Crippen LogP contribution in [0, 0.1) is 0 Å². The second-order valence-electron chi connectivity index (χ2n) is 6.19. The number of methoxy groups -OCH3 is 1. The van der Waals surface area contributed by atoms with Crippen molar-refractivity contribution in [2.75, 3.05) is 39.9 Å². The Kier molecular flexibility index (Phi) is 9.93. The van der Waals surface area contributed by atoms with Gasteiger partial charge in [0.25, 0.3) is 5.91 Å². The maximum atomic E-state index is 12.0. The summed E-state index contributed by atoms with van der Waals surface area (Å²) in [5.74, 6) is 2.27. The molecule has 0 saturated heterocycles. The molecule has 0 heterocycles. The van der Waals surface area contributed by atoms with Crippen molar-refractivity contribution in [2.24, 2.45) is 4.99 Å². The fourth-order valence-electron chi connectivity index (χ4n) is 2.52. The van der Waals surface area contributed by atoms with Crippen molar-refractivity contribution < 1.29 is 14.3 Å². The number of aliphatic imine (C=N–C) groups is 1. The van der Waals surface area contributed by atoms with Gasteiger partial charge in [-0.15, -0.1) is 0 Å². The van der Waals surface area contributed by atoms with E-state index < -0.39 is 0 Å². The Morgan fingerprint density at radius 3 is 2.34 bits per heavy atom. The van der Waals surface area contributed by atoms with E-state index in [1.54, 1.807) is 19.2 Å². The van der Waals surface area contributed by atoms with E-state index in [-0.39, 0.29) is 5.91 Å². The fraction of sp³-hybridized carbons (Fsp3) is 0.364. The molecule has 0 unspecified atom stereocenters. The van der Waals surface area contributed by atoms with Crippen LogP contribution >= 0.6 is 0 Å². The minimum Gasteiger partial charge on any atom is -0.497 e. The summed E-state index contributed by atoms with van der Waals surface area (Å²) in [5, 5.41) is 9.35. The Bertz CT molecular complexity index is 748. The third-order valence-electron chi connectivity index (χ3n) is 3.99. The molecule has 0 aliphatic rings. The lowest BCUT2D eigenvalue weighted by Crippen LogP contribution is -2.39. The van der Waals surface area contributed by atoms with Gasteiger partial charge in [0, 0.05) is 25.2 Å². The molecule has 1 amide bonds. The molecule has 0 aromatic heterocycles. The summed E-state index contributed by atoms with van der Waals surface area (Å²) in [6, 6.07) is 16.7. The summed E-state index contributed by atoms with van der Waals surface area (Å²) in [5.41, 5.74) is 0.669. The predicted octanol–water partition coefficient (Wildman–Crippen LogP) is 2.45. The van der Waals surface area contributed by atoms with Crippen molar-refractivity contribution in [3.8, 4) is 11.5 Å². The highest BCUT2D eigenvalue weighted by molar-refractivity contribution is 5.94. The van der Waals surface area contributed by atoms with E-state index in [2.05, 4.69) is 20.9 Å². The van der Waals surface area contributed by atoms with Crippen molar-refractivity contribution in [1.82, 2.24) is 16.0 Å². The van der Waals surface area contributed by atoms with E-state index in [1.807, 2.05) is 49.4 Å². The molecule has 29 heavy (non-hydrogen) atoms. The summed E-state index contributed by atoms with van der Waals surface area (Å²) in [6.45, 7) is 5.13. The molecule has 0 radical (unpaired) electrons. The fourth-order valence-corrected chi connectivity index (χ4v) is 2.52. The number of ether oxygens (including phenoxy) is 2.